The van der Waals surface area contributed by atoms with Crippen molar-refractivity contribution in [1.82, 2.24) is 9.97 Å². The van der Waals surface area contributed by atoms with Gasteiger partial charge in [-0.3, -0.25) is 9.97 Å². The quantitative estimate of drug-likeness (QED) is 0.784. The first-order valence-corrected chi connectivity index (χ1v) is 7.26. The molecule has 0 saturated heterocycles. The Kier molecular flexibility index (Phi) is 3.94. The Morgan fingerprint density at radius 1 is 1.14 bits per heavy atom. The van der Waals surface area contributed by atoms with E-state index in [9.17, 15) is 9.50 Å². The third-order valence-corrected chi connectivity index (χ3v) is 3.80. The van der Waals surface area contributed by atoms with Crippen LogP contribution in [0.3, 0.4) is 0 Å². The number of hydrogen-bond donors (Lipinski definition) is 1. The molecular formula is C16H12BrFN2O. The molecular weight excluding hydrogens is 335 g/mol. The maximum absolute atomic E-state index is 13.8. The minimum atomic E-state index is -0.839. The number of fused-ring (bicyclic) bond motifs is 1. The molecule has 0 amide bonds. The third-order valence-electron chi connectivity index (χ3n) is 3.31. The second kappa shape index (κ2) is 5.87. The zero-order chi connectivity index (χ0) is 14.8. The third kappa shape index (κ3) is 2.94. The normalized spacial score (nSPS) is 12.5. The smallest absolute Gasteiger partial charge is 0.126 e. The van der Waals surface area contributed by atoms with Gasteiger partial charge in [0.05, 0.1) is 17.1 Å². The summed E-state index contributed by atoms with van der Waals surface area (Å²) < 4.78 is 14.6. The maximum atomic E-state index is 13.8. The highest BCUT2D eigenvalue weighted by Crippen LogP contribution is 2.26. The molecule has 0 bridgehead atoms. The second-order valence-electron chi connectivity index (χ2n) is 4.73. The fraction of sp³-hybridized carbons (Fsp3) is 0.125. The standard InChI is InChI=1S/C16H12BrFN2O/c17-11-4-5-13(18)10(8-11)9-15(21)12-2-1-3-14-16(12)20-7-6-19-14/h1-8,15,21H,9H2. The van der Waals surface area contributed by atoms with E-state index in [2.05, 4.69) is 25.9 Å². The van der Waals surface area contributed by atoms with Gasteiger partial charge in [0.15, 0.2) is 0 Å². The van der Waals surface area contributed by atoms with E-state index in [0.29, 0.717) is 22.2 Å². The van der Waals surface area contributed by atoms with Crippen molar-refractivity contribution >= 4 is 27.0 Å². The average Bonchev–Trinajstić information content (AvgIpc) is 2.50. The highest BCUT2D eigenvalue weighted by Gasteiger charge is 2.15. The monoisotopic (exact) mass is 346 g/mol. The molecule has 2 aromatic carbocycles. The zero-order valence-corrected chi connectivity index (χ0v) is 12.6. The first kappa shape index (κ1) is 14.1. The van der Waals surface area contributed by atoms with Crippen LogP contribution in [0.25, 0.3) is 11.0 Å². The SMILES string of the molecule is OC(Cc1cc(Br)ccc1F)c1cccc2nccnc12. The van der Waals surface area contributed by atoms with Gasteiger partial charge in [0.1, 0.15) is 5.82 Å². The number of aliphatic hydroxyl groups is 1. The maximum Gasteiger partial charge on any atom is 0.126 e. The predicted octanol–water partition coefficient (Wildman–Crippen LogP) is 3.81. The number of rotatable bonds is 3. The van der Waals surface area contributed by atoms with E-state index in [1.54, 1.807) is 30.6 Å². The van der Waals surface area contributed by atoms with E-state index in [4.69, 9.17) is 0 Å². The number of benzene rings is 2. The number of aliphatic hydroxyl groups excluding tert-OH is 1. The molecule has 0 saturated carbocycles. The molecule has 21 heavy (non-hydrogen) atoms. The van der Waals surface area contributed by atoms with Crippen LogP contribution >= 0.6 is 15.9 Å². The first-order valence-electron chi connectivity index (χ1n) is 6.47. The summed E-state index contributed by atoms with van der Waals surface area (Å²) in [5.74, 6) is -0.330. The fourth-order valence-electron chi connectivity index (χ4n) is 2.30. The van der Waals surface area contributed by atoms with Gasteiger partial charge in [-0.2, -0.15) is 0 Å². The van der Waals surface area contributed by atoms with Crippen LogP contribution in [0.15, 0.2) is 53.3 Å². The predicted molar refractivity (Wildman–Crippen MR) is 82.3 cm³/mol. The minimum Gasteiger partial charge on any atom is -0.388 e. The van der Waals surface area contributed by atoms with Gasteiger partial charge in [-0.15, -0.1) is 0 Å². The van der Waals surface area contributed by atoms with Crippen LogP contribution in [-0.2, 0) is 6.42 Å². The molecule has 1 heterocycles. The van der Waals surface area contributed by atoms with E-state index in [1.807, 2.05) is 12.1 Å². The van der Waals surface area contributed by atoms with Crippen LogP contribution in [0.5, 0.6) is 0 Å². The highest BCUT2D eigenvalue weighted by atomic mass is 79.9. The van der Waals surface area contributed by atoms with Crippen molar-refractivity contribution < 1.29 is 9.50 Å². The van der Waals surface area contributed by atoms with E-state index >= 15 is 0 Å². The van der Waals surface area contributed by atoms with Gasteiger partial charge < -0.3 is 5.11 Å². The van der Waals surface area contributed by atoms with Crippen molar-refractivity contribution in [3.8, 4) is 0 Å². The Morgan fingerprint density at radius 3 is 2.81 bits per heavy atom. The van der Waals surface area contributed by atoms with Crippen LogP contribution < -0.4 is 0 Å². The molecule has 0 aliphatic heterocycles. The van der Waals surface area contributed by atoms with Crippen molar-refractivity contribution in [3.05, 3.63) is 70.2 Å². The molecule has 3 rings (SSSR count). The summed E-state index contributed by atoms with van der Waals surface area (Å²) in [5.41, 5.74) is 2.46. The molecule has 5 heteroatoms. The number of halogens is 2. The summed E-state index contributed by atoms with van der Waals surface area (Å²) in [7, 11) is 0. The van der Waals surface area contributed by atoms with Crippen molar-refractivity contribution in [3.63, 3.8) is 0 Å². The molecule has 1 N–H and O–H groups in total. The molecule has 0 aliphatic rings. The Labute approximate surface area is 129 Å². The van der Waals surface area contributed by atoms with Gasteiger partial charge >= 0.3 is 0 Å². The first-order chi connectivity index (χ1) is 10.1. The highest BCUT2D eigenvalue weighted by molar-refractivity contribution is 9.10. The average molecular weight is 347 g/mol. The van der Waals surface area contributed by atoms with E-state index in [-0.39, 0.29) is 12.2 Å². The van der Waals surface area contributed by atoms with Gasteiger partial charge in [-0.1, -0.05) is 28.1 Å². The van der Waals surface area contributed by atoms with Crippen LogP contribution in [0.4, 0.5) is 4.39 Å². The lowest BCUT2D eigenvalue weighted by molar-refractivity contribution is 0.178. The summed E-state index contributed by atoms with van der Waals surface area (Å²) >= 11 is 3.31. The number of hydrogen-bond acceptors (Lipinski definition) is 3. The topological polar surface area (TPSA) is 46.0 Å². The molecule has 3 nitrogen and oxygen atoms in total. The summed E-state index contributed by atoms with van der Waals surface area (Å²) in [6.45, 7) is 0. The van der Waals surface area contributed by atoms with E-state index in [1.165, 1.54) is 6.07 Å². The van der Waals surface area contributed by atoms with Crippen molar-refractivity contribution in [2.75, 3.05) is 0 Å². The Hall–Kier alpha value is -1.85. The molecule has 1 unspecified atom stereocenters. The summed E-state index contributed by atoms with van der Waals surface area (Å²) in [6.07, 6.45) is 2.53. The zero-order valence-electron chi connectivity index (χ0n) is 11.0. The lowest BCUT2D eigenvalue weighted by atomic mass is 10.00. The van der Waals surface area contributed by atoms with Crippen molar-refractivity contribution in [2.24, 2.45) is 0 Å². The summed E-state index contributed by atoms with van der Waals surface area (Å²) in [4.78, 5) is 8.47. The Bertz CT molecular complexity index is 789. The van der Waals surface area contributed by atoms with Gasteiger partial charge in [0.2, 0.25) is 0 Å². The molecule has 0 aliphatic carbocycles. The molecule has 0 fully saturated rings. The molecule has 106 valence electrons. The number of para-hydroxylation sites is 1. The minimum absolute atomic E-state index is 0.182. The van der Waals surface area contributed by atoms with Crippen LogP contribution in [0.1, 0.15) is 17.2 Å². The lowest BCUT2D eigenvalue weighted by Gasteiger charge is -2.13. The Morgan fingerprint density at radius 2 is 1.95 bits per heavy atom. The van der Waals surface area contributed by atoms with Gasteiger partial charge in [0, 0.05) is 28.9 Å². The van der Waals surface area contributed by atoms with Gasteiger partial charge in [0.25, 0.3) is 0 Å². The molecule has 3 aromatic rings. The van der Waals surface area contributed by atoms with E-state index < -0.39 is 6.10 Å². The number of nitrogens with zero attached hydrogens (tertiary/aromatic N) is 2. The number of aromatic nitrogens is 2. The van der Waals surface area contributed by atoms with Gasteiger partial charge in [-0.05, 0) is 29.8 Å². The second-order valence-corrected chi connectivity index (χ2v) is 5.64. The summed E-state index contributed by atoms with van der Waals surface area (Å²) in [6, 6.07) is 10.1. The van der Waals surface area contributed by atoms with Crippen LogP contribution in [-0.4, -0.2) is 15.1 Å². The lowest BCUT2D eigenvalue weighted by Crippen LogP contribution is -2.05. The largest absolute Gasteiger partial charge is 0.388 e. The molecule has 0 spiro atoms. The molecule has 1 atom stereocenters. The van der Waals surface area contributed by atoms with Crippen molar-refractivity contribution in [2.45, 2.75) is 12.5 Å². The molecule has 0 radical (unpaired) electrons. The fourth-order valence-corrected chi connectivity index (χ4v) is 2.71. The van der Waals surface area contributed by atoms with Crippen LogP contribution in [0, 0.1) is 5.82 Å². The van der Waals surface area contributed by atoms with Gasteiger partial charge in [-0.25, -0.2) is 4.39 Å². The molecule has 1 aromatic heterocycles. The van der Waals surface area contributed by atoms with Crippen molar-refractivity contribution in [1.29, 1.82) is 0 Å². The van der Waals surface area contributed by atoms with E-state index in [0.717, 1.165) is 4.47 Å². The summed E-state index contributed by atoms with van der Waals surface area (Å²) in [5, 5.41) is 10.4. The Balaban J connectivity index is 1.97. The van der Waals surface area contributed by atoms with Crippen LogP contribution in [0.2, 0.25) is 0 Å².